The number of aromatic nitrogens is 2. The summed E-state index contributed by atoms with van der Waals surface area (Å²) in [6, 6.07) is 7.51. The van der Waals surface area contributed by atoms with E-state index in [-0.39, 0.29) is 11.5 Å². The third kappa shape index (κ3) is 4.49. The van der Waals surface area contributed by atoms with Crippen LogP contribution >= 0.6 is 0 Å². The minimum absolute atomic E-state index is 0.0145. The van der Waals surface area contributed by atoms with E-state index in [4.69, 9.17) is 0 Å². The van der Waals surface area contributed by atoms with Gasteiger partial charge in [-0.25, -0.2) is 4.68 Å². The van der Waals surface area contributed by atoms with Gasteiger partial charge in [0.15, 0.2) is 0 Å². The van der Waals surface area contributed by atoms with E-state index in [2.05, 4.69) is 15.3 Å². The number of hydrogen-bond acceptors (Lipinski definition) is 4. The van der Waals surface area contributed by atoms with Crippen LogP contribution in [0.2, 0.25) is 0 Å². The maximum absolute atomic E-state index is 12.8. The van der Waals surface area contributed by atoms with E-state index >= 15 is 0 Å². The minimum Gasteiger partial charge on any atom is -0.350 e. The molecule has 1 aliphatic heterocycles. The fourth-order valence-corrected chi connectivity index (χ4v) is 3.46. The van der Waals surface area contributed by atoms with Crippen molar-refractivity contribution in [2.45, 2.75) is 46.2 Å². The Hall–Kier alpha value is -2.21. The molecule has 1 aliphatic rings. The van der Waals surface area contributed by atoms with Crippen molar-refractivity contribution in [3.8, 4) is 0 Å². The molecule has 0 atom stereocenters. The second-order valence-electron chi connectivity index (χ2n) is 7.44. The summed E-state index contributed by atoms with van der Waals surface area (Å²) in [7, 11) is 0. The molecule has 0 unspecified atom stereocenters. The quantitative estimate of drug-likeness (QED) is 0.825. The first-order valence-electron chi connectivity index (χ1n) is 9.52. The van der Waals surface area contributed by atoms with Gasteiger partial charge in [-0.3, -0.25) is 9.59 Å². The Morgan fingerprint density at radius 2 is 1.85 bits per heavy atom. The maximum Gasteiger partial charge on any atom is 0.274 e. The molecule has 6 nitrogen and oxygen atoms in total. The highest BCUT2D eigenvalue weighted by Gasteiger charge is 2.15. The van der Waals surface area contributed by atoms with Crippen LogP contribution in [0.3, 0.4) is 0 Å². The highest BCUT2D eigenvalue weighted by Crippen LogP contribution is 2.14. The molecular formula is C20H28N4O2. The lowest BCUT2D eigenvalue weighted by molar-refractivity contribution is -0.121. The van der Waals surface area contributed by atoms with E-state index in [1.807, 2.05) is 38.1 Å². The summed E-state index contributed by atoms with van der Waals surface area (Å²) >= 11 is 0. The Morgan fingerprint density at radius 1 is 1.15 bits per heavy atom. The molecular weight excluding hydrogens is 328 g/mol. The molecule has 2 aromatic rings. The van der Waals surface area contributed by atoms with Gasteiger partial charge in [-0.2, -0.15) is 5.10 Å². The van der Waals surface area contributed by atoms with Crippen LogP contribution in [0.5, 0.6) is 0 Å². The topological polar surface area (TPSA) is 67.2 Å². The van der Waals surface area contributed by atoms with E-state index in [1.54, 1.807) is 4.68 Å². The first-order chi connectivity index (χ1) is 12.5. The van der Waals surface area contributed by atoms with Crippen molar-refractivity contribution in [1.82, 2.24) is 20.0 Å². The minimum atomic E-state index is -0.0583. The van der Waals surface area contributed by atoms with Crippen LogP contribution in [0.4, 0.5) is 0 Å². The van der Waals surface area contributed by atoms with Crippen LogP contribution < -0.4 is 10.9 Å². The molecule has 0 spiro atoms. The summed E-state index contributed by atoms with van der Waals surface area (Å²) in [6.45, 7) is 8.00. The average molecular weight is 356 g/mol. The molecule has 140 valence electrons. The fourth-order valence-electron chi connectivity index (χ4n) is 3.46. The van der Waals surface area contributed by atoms with Gasteiger partial charge in [0.1, 0.15) is 0 Å². The van der Waals surface area contributed by atoms with Gasteiger partial charge in [0.05, 0.1) is 24.2 Å². The predicted octanol–water partition coefficient (Wildman–Crippen LogP) is 2.15. The smallest absolute Gasteiger partial charge is 0.274 e. The standard InChI is InChI=1S/C20H28N4O2/c1-15(2)13-19(25)21-14-18-16-7-3-4-8-17(16)20(26)24(22-18)12-11-23-9-5-6-10-23/h3-4,7-8,15H,5-6,9-14H2,1-2H3,(H,21,25). The molecule has 0 radical (unpaired) electrons. The van der Waals surface area contributed by atoms with Crippen molar-refractivity contribution in [3.05, 3.63) is 40.3 Å². The maximum atomic E-state index is 12.8. The Bertz CT molecular complexity index is 822. The van der Waals surface area contributed by atoms with Crippen molar-refractivity contribution in [2.75, 3.05) is 19.6 Å². The number of carbonyl (C=O) groups excluding carboxylic acids is 1. The Morgan fingerprint density at radius 3 is 2.54 bits per heavy atom. The van der Waals surface area contributed by atoms with Gasteiger partial charge in [0, 0.05) is 18.4 Å². The lowest BCUT2D eigenvalue weighted by Gasteiger charge is -2.16. The SMILES string of the molecule is CC(C)CC(=O)NCc1nn(CCN2CCCC2)c(=O)c2ccccc12. The van der Waals surface area contributed by atoms with Crippen LogP contribution in [0, 0.1) is 5.92 Å². The molecule has 2 heterocycles. The number of rotatable bonds is 7. The first kappa shape index (κ1) is 18.6. The molecule has 6 heteroatoms. The van der Waals surface area contributed by atoms with Crippen LogP contribution in [0.25, 0.3) is 10.8 Å². The van der Waals surface area contributed by atoms with Crippen molar-refractivity contribution < 1.29 is 4.79 Å². The van der Waals surface area contributed by atoms with Gasteiger partial charge in [0.2, 0.25) is 5.91 Å². The molecule has 1 saturated heterocycles. The van der Waals surface area contributed by atoms with E-state index in [1.165, 1.54) is 12.8 Å². The highest BCUT2D eigenvalue weighted by atomic mass is 16.1. The fraction of sp³-hybridized carbons (Fsp3) is 0.550. The zero-order chi connectivity index (χ0) is 18.5. The van der Waals surface area contributed by atoms with Crippen LogP contribution in [0.1, 0.15) is 38.8 Å². The number of nitrogens with one attached hydrogen (secondary N) is 1. The second kappa shape index (κ2) is 8.45. The summed E-state index contributed by atoms with van der Waals surface area (Å²) < 4.78 is 1.56. The number of hydrogen-bond donors (Lipinski definition) is 1. The zero-order valence-corrected chi connectivity index (χ0v) is 15.7. The van der Waals surface area contributed by atoms with Gasteiger partial charge in [-0.15, -0.1) is 0 Å². The molecule has 26 heavy (non-hydrogen) atoms. The molecule has 1 aromatic heterocycles. The van der Waals surface area contributed by atoms with Crippen molar-refractivity contribution >= 4 is 16.7 Å². The summed E-state index contributed by atoms with van der Waals surface area (Å²) in [6.07, 6.45) is 2.95. The highest BCUT2D eigenvalue weighted by molar-refractivity contribution is 5.84. The molecule has 1 aromatic carbocycles. The van der Waals surface area contributed by atoms with Gasteiger partial charge >= 0.3 is 0 Å². The number of fused-ring (bicyclic) bond motifs is 1. The average Bonchev–Trinajstić information content (AvgIpc) is 3.13. The third-order valence-electron chi connectivity index (χ3n) is 4.82. The largest absolute Gasteiger partial charge is 0.350 e. The van der Waals surface area contributed by atoms with Crippen molar-refractivity contribution in [1.29, 1.82) is 0 Å². The number of amides is 1. The summed E-state index contributed by atoms with van der Waals surface area (Å²) in [5, 5.41) is 9.00. The van der Waals surface area contributed by atoms with Crippen LogP contribution in [-0.4, -0.2) is 40.2 Å². The molecule has 0 aliphatic carbocycles. The normalized spacial score (nSPS) is 15.0. The van der Waals surface area contributed by atoms with E-state index in [0.29, 0.717) is 30.8 Å². The van der Waals surface area contributed by atoms with Crippen molar-refractivity contribution in [2.24, 2.45) is 5.92 Å². The molecule has 1 N–H and O–H groups in total. The summed E-state index contributed by atoms with van der Waals surface area (Å²) in [5.41, 5.74) is 0.691. The van der Waals surface area contributed by atoms with E-state index < -0.39 is 0 Å². The Labute approximate surface area is 154 Å². The van der Waals surface area contributed by atoms with E-state index in [0.717, 1.165) is 30.7 Å². The number of likely N-dealkylation sites (tertiary alicyclic amines) is 1. The van der Waals surface area contributed by atoms with Crippen molar-refractivity contribution in [3.63, 3.8) is 0 Å². The molecule has 3 rings (SSSR count). The summed E-state index contributed by atoms with van der Waals surface area (Å²) in [4.78, 5) is 27.1. The number of benzene rings is 1. The van der Waals surface area contributed by atoms with E-state index in [9.17, 15) is 9.59 Å². The van der Waals surface area contributed by atoms with Crippen LogP contribution in [0.15, 0.2) is 29.1 Å². The second-order valence-corrected chi connectivity index (χ2v) is 7.44. The number of carbonyl (C=O) groups is 1. The lowest BCUT2D eigenvalue weighted by atomic mass is 10.1. The van der Waals surface area contributed by atoms with Gasteiger partial charge < -0.3 is 10.2 Å². The van der Waals surface area contributed by atoms with Gasteiger partial charge in [-0.05, 0) is 37.9 Å². The summed E-state index contributed by atoms with van der Waals surface area (Å²) in [5.74, 6) is 0.329. The Balaban J connectivity index is 1.82. The monoisotopic (exact) mass is 356 g/mol. The third-order valence-corrected chi connectivity index (χ3v) is 4.82. The molecule has 0 bridgehead atoms. The van der Waals surface area contributed by atoms with Crippen LogP contribution in [-0.2, 0) is 17.9 Å². The zero-order valence-electron chi connectivity index (χ0n) is 15.7. The predicted molar refractivity (Wildman–Crippen MR) is 103 cm³/mol. The molecule has 1 amide bonds. The molecule has 0 saturated carbocycles. The molecule has 1 fully saturated rings. The lowest BCUT2D eigenvalue weighted by Crippen LogP contribution is -2.32. The number of nitrogens with zero attached hydrogens (tertiary/aromatic N) is 3. The van der Waals surface area contributed by atoms with Gasteiger partial charge in [0.25, 0.3) is 5.56 Å². The van der Waals surface area contributed by atoms with Gasteiger partial charge in [-0.1, -0.05) is 32.0 Å². The Kier molecular flexibility index (Phi) is 6.04. The first-order valence-corrected chi connectivity index (χ1v) is 9.52.